The van der Waals surface area contributed by atoms with Gasteiger partial charge in [-0.3, -0.25) is 38.6 Å². The molecule has 17 heteroatoms. The lowest BCUT2D eigenvalue weighted by molar-refractivity contribution is -0.142. The third kappa shape index (κ3) is 13.5. The highest BCUT2D eigenvalue weighted by atomic mass is 16.2. The summed E-state index contributed by atoms with van der Waals surface area (Å²) in [4.78, 5) is 107. The SMILES string of the molecule is CC(=O)N[C@@H](Cc1ccccc1)C(=O)N[C@H]1CCCNC(=O)[C@H](CCCN=C(N)N)CC(=O)[C@H](Cc2c[nH]c3ccccc23)NC(=O)[C@@H](Cc2ccccc2)NC(=O)[C@@H]2CCCN2C1=O. The summed E-state index contributed by atoms with van der Waals surface area (Å²) in [7, 11) is 0. The van der Waals surface area contributed by atoms with E-state index in [2.05, 4.69) is 36.6 Å². The number of nitrogens with one attached hydrogen (secondary N) is 6. The molecule has 10 N–H and O–H groups in total. The number of hydrogen-bond donors (Lipinski definition) is 8. The summed E-state index contributed by atoms with van der Waals surface area (Å²) in [5, 5.41) is 15.2. The van der Waals surface area contributed by atoms with Gasteiger partial charge in [-0.15, -0.1) is 0 Å². The van der Waals surface area contributed by atoms with Crippen molar-refractivity contribution in [3.8, 4) is 0 Å². The van der Waals surface area contributed by atoms with Gasteiger partial charge in [0.05, 0.1) is 6.04 Å². The van der Waals surface area contributed by atoms with Crippen molar-refractivity contribution in [1.29, 1.82) is 0 Å². The molecule has 0 radical (unpaired) electrons. The molecule has 65 heavy (non-hydrogen) atoms. The first-order valence-corrected chi connectivity index (χ1v) is 22.3. The lowest BCUT2D eigenvalue weighted by atomic mass is 9.90. The first-order chi connectivity index (χ1) is 31.4. The summed E-state index contributed by atoms with van der Waals surface area (Å²) in [6.45, 7) is 1.84. The number of carbonyl (C=O) groups is 7. The number of nitrogens with zero attached hydrogens (tertiary/aromatic N) is 2. The minimum absolute atomic E-state index is 0.0769. The molecule has 3 aromatic carbocycles. The Kier molecular flexibility index (Phi) is 16.8. The number of carbonyl (C=O) groups excluding carboxylic acids is 7. The first-order valence-electron chi connectivity index (χ1n) is 22.3. The molecule has 0 bridgehead atoms. The third-order valence-corrected chi connectivity index (χ3v) is 11.9. The van der Waals surface area contributed by atoms with E-state index in [1.807, 2.05) is 84.9 Å². The van der Waals surface area contributed by atoms with Crippen molar-refractivity contribution in [2.24, 2.45) is 22.4 Å². The van der Waals surface area contributed by atoms with Crippen LogP contribution >= 0.6 is 0 Å². The molecule has 4 aromatic rings. The number of hydrogen-bond acceptors (Lipinski definition) is 8. The number of fused-ring (bicyclic) bond motifs is 2. The number of rotatable bonds is 13. The summed E-state index contributed by atoms with van der Waals surface area (Å²) >= 11 is 0. The standard InChI is InChI=1S/C48H60N10O7/c1-30(59)54-39(25-31-13-4-2-5-14-31)44(62)55-37-20-11-22-51-43(61)33(17-10-23-52-48(49)50)28-42(60)38(27-34-29-53-36-19-9-8-18-35(34)36)56-45(63)40(26-32-15-6-3-7-16-32)57-46(64)41-21-12-24-58(41)47(37)65/h2-9,13-16,18-19,29,33,37-41,53H,10-12,17,20-28H2,1H3,(H,51,61)(H,54,59)(H,55,62)(H,56,63)(H,57,64)(H4,49,50,52)/t33-,37+,38+,39+,40-,41+/m1/s1. The normalized spacial score (nSPS) is 21.8. The van der Waals surface area contributed by atoms with Crippen LogP contribution in [0.3, 0.4) is 0 Å². The van der Waals surface area contributed by atoms with Crippen LogP contribution in [-0.4, -0.2) is 107 Å². The Morgan fingerprint density at radius 1 is 0.815 bits per heavy atom. The molecule has 344 valence electrons. The summed E-state index contributed by atoms with van der Waals surface area (Å²) in [5.74, 6) is -4.41. The second kappa shape index (κ2) is 23.1. The monoisotopic (exact) mass is 888 g/mol. The van der Waals surface area contributed by atoms with E-state index in [-0.39, 0.29) is 76.3 Å². The van der Waals surface area contributed by atoms with Gasteiger partial charge in [0.2, 0.25) is 35.4 Å². The molecule has 2 aliphatic rings. The van der Waals surface area contributed by atoms with Crippen LogP contribution in [0, 0.1) is 5.92 Å². The maximum Gasteiger partial charge on any atom is 0.245 e. The Hall–Kier alpha value is -7.04. The number of aromatic amines is 1. The van der Waals surface area contributed by atoms with Crippen LogP contribution in [0.5, 0.6) is 0 Å². The molecule has 6 atom stereocenters. The molecule has 3 heterocycles. The lowest BCUT2D eigenvalue weighted by Crippen LogP contribution is -2.59. The van der Waals surface area contributed by atoms with E-state index < -0.39 is 71.6 Å². The van der Waals surface area contributed by atoms with Crippen molar-refractivity contribution in [2.75, 3.05) is 19.6 Å². The fourth-order valence-electron chi connectivity index (χ4n) is 8.62. The molecule has 6 rings (SSSR count). The molecule has 2 saturated heterocycles. The number of nitrogens with two attached hydrogens (primary N) is 2. The van der Waals surface area contributed by atoms with Gasteiger partial charge in [-0.1, -0.05) is 78.9 Å². The van der Waals surface area contributed by atoms with Gasteiger partial charge in [-0.2, -0.15) is 0 Å². The Labute approximate surface area is 378 Å². The fourth-order valence-corrected chi connectivity index (χ4v) is 8.62. The van der Waals surface area contributed by atoms with Crippen molar-refractivity contribution in [3.63, 3.8) is 0 Å². The number of para-hydroxylation sites is 1. The topological polar surface area (TPSA) is 263 Å². The van der Waals surface area contributed by atoms with Crippen molar-refractivity contribution >= 4 is 58.1 Å². The van der Waals surface area contributed by atoms with E-state index in [1.165, 1.54) is 11.8 Å². The molecule has 17 nitrogen and oxygen atoms in total. The number of aromatic nitrogens is 1. The number of amides is 6. The average molecular weight is 889 g/mol. The maximum absolute atomic E-state index is 14.6. The summed E-state index contributed by atoms with van der Waals surface area (Å²) in [6.07, 6.45) is 3.65. The van der Waals surface area contributed by atoms with Crippen LogP contribution < -0.4 is 38.1 Å². The van der Waals surface area contributed by atoms with Crippen LogP contribution in [0.4, 0.5) is 0 Å². The summed E-state index contributed by atoms with van der Waals surface area (Å²) in [6, 6.07) is 20.5. The fraction of sp³-hybridized carbons (Fsp3) is 0.417. The third-order valence-electron chi connectivity index (χ3n) is 11.9. The molecule has 6 amide bonds. The molecular weight excluding hydrogens is 829 g/mol. The number of guanidine groups is 1. The Morgan fingerprint density at radius 2 is 1.51 bits per heavy atom. The Bertz CT molecular complexity index is 2330. The smallest absolute Gasteiger partial charge is 0.245 e. The molecule has 1 aromatic heterocycles. The van der Waals surface area contributed by atoms with Crippen molar-refractivity contribution < 1.29 is 33.6 Å². The van der Waals surface area contributed by atoms with E-state index in [0.29, 0.717) is 19.3 Å². The summed E-state index contributed by atoms with van der Waals surface area (Å²) in [5.41, 5.74) is 14.3. The molecule has 2 fully saturated rings. The van der Waals surface area contributed by atoms with Crippen LogP contribution in [0.1, 0.15) is 68.6 Å². The van der Waals surface area contributed by atoms with E-state index in [4.69, 9.17) is 11.5 Å². The van der Waals surface area contributed by atoms with E-state index in [9.17, 15) is 33.6 Å². The van der Waals surface area contributed by atoms with Crippen LogP contribution in [-0.2, 0) is 52.8 Å². The zero-order valence-corrected chi connectivity index (χ0v) is 36.7. The minimum atomic E-state index is -1.16. The molecular formula is C48H60N10O7. The highest BCUT2D eigenvalue weighted by Gasteiger charge is 2.40. The number of H-pyrrole nitrogens is 1. The van der Waals surface area contributed by atoms with E-state index in [1.54, 1.807) is 6.20 Å². The number of aliphatic imine (C=N–C) groups is 1. The quantitative estimate of drug-likeness (QED) is 0.0551. The van der Waals surface area contributed by atoms with Crippen molar-refractivity contribution in [3.05, 3.63) is 108 Å². The van der Waals surface area contributed by atoms with Crippen molar-refractivity contribution in [1.82, 2.24) is 36.5 Å². The van der Waals surface area contributed by atoms with Crippen LogP contribution in [0.25, 0.3) is 10.9 Å². The van der Waals surface area contributed by atoms with Gasteiger partial charge in [-0.05, 0) is 61.3 Å². The van der Waals surface area contributed by atoms with Crippen LogP contribution in [0.15, 0.2) is 96.1 Å². The van der Waals surface area contributed by atoms with E-state index >= 15 is 0 Å². The molecule has 0 spiro atoms. The molecule has 0 unspecified atom stereocenters. The largest absolute Gasteiger partial charge is 0.370 e. The first kappa shape index (κ1) is 47.4. The average Bonchev–Trinajstić information content (AvgIpc) is 3.95. The number of ketones is 1. The van der Waals surface area contributed by atoms with Crippen molar-refractivity contribution in [2.45, 2.75) is 101 Å². The highest BCUT2D eigenvalue weighted by molar-refractivity contribution is 5.98. The van der Waals surface area contributed by atoms with E-state index in [0.717, 1.165) is 27.6 Å². The molecule has 0 aliphatic carbocycles. The van der Waals surface area contributed by atoms with Gasteiger partial charge in [0.15, 0.2) is 11.7 Å². The van der Waals surface area contributed by atoms with Gasteiger partial charge >= 0.3 is 0 Å². The van der Waals surface area contributed by atoms with Crippen LogP contribution in [0.2, 0.25) is 0 Å². The Balaban J connectivity index is 1.32. The van der Waals surface area contributed by atoms with Gasteiger partial charge < -0.3 is 47.9 Å². The zero-order chi connectivity index (χ0) is 46.3. The second-order valence-corrected chi connectivity index (χ2v) is 16.8. The maximum atomic E-state index is 14.6. The predicted molar refractivity (Wildman–Crippen MR) is 246 cm³/mol. The Morgan fingerprint density at radius 3 is 2.23 bits per heavy atom. The van der Waals surface area contributed by atoms with Gasteiger partial charge in [0.25, 0.3) is 0 Å². The summed E-state index contributed by atoms with van der Waals surface area (Å²) < 4.78 is 0. The number of benzene rings is 3. The zero-order valence-electron chi connectivity index (χ0n) is 36.7. The van der Waals surface area contributed by atoms with Gasteiger partial charge in [-0.25, -0.2) is 0 Å². The molecule has 2 aliphatic heterocycles. The highest BCUT2D eigenvalue weighted by Crippen LogP contribution is 2.24. The van der Waals surface area contributed by atoms with Gasteiger partial charge in [0, 0.05) is 75.3 Å². The number of Topliss-reactive ketones (excluding diaryl/α,β-unsaturated/α-hetero) is 1. The minimum Gasteiger partial charge on any atom is -0.370 e. The van der Waals surface area contributed by atoms with Gasteiger partial charge in [0.1, 0.15) is 24.2 Å². The molecule has 0 saturated carbocycles. The second-order valence-electron chi connectivity index (χ2n) is 16.8. The lowest BCUT2D eigenvalue weighted by Gasteiger charge is -2.31. The predicted octanol–water partition coefficient (Wildman–Crippen LogP) is 1.68.